The number of benzene rings is 2. The molecule has 0 spiro atoms. The van der Waals surface area contributed by atoms with Gasteiger partial charge in [-0.1, -0.05) is 54.6 Å². The van der Waals surface area contributed by atoms with E-state index >= 15 is 0 Å². The lowest BCUT2D eigenvalue weighted by Gasteiger charge is -2.15. The Kier molecular flexibility index (Phi) is 4.05. The number of rotatable bonds is 4. The molecule has 1 N–H and O–H groups in total. The predicted molar refractivity (Wildman–Crippen MR) is 69.7 cm³/mol. The summed E-state index contributed by atoms with van der Waals surface area (Å²) in [6.07, 6.45) is -2.41. The van der Waals surface area contributed by atoms with Crippen molar-refractivity contribution in [1.29, 1.82) is 0 Å². The van der Waals surface area contributed by atoms with Crippen molar-refractivity contribution in [3.8, 4) is 11.1 Å². The molecule has 0 aromatic heterocycles. The molecule has 0 fully saturated rings. The van der Waals surface area contributed by atoms with E-state index in [0.717, 1.165) is 11.1 Å². The minimum absolute atomic E-state index is 0.604. The summed E-state index contributed by atoms with van der Waals surface area (Å²) in [6, 6.07) is 16.2. The number of hydrogen-bond acceptors (Lipinski definition) is 1. The van der Waals surface area contributed by atoms with Crippen LogP contribution in [0.5, 0.6) is 0 Å². The molecule has 1 nitrogen and oxygen atoms in total. The van der Waals surface area contributed by atoms with Crippen molar-refractivity contribution in [3.05, 3.63) is 60.2 Å². The summed E-state index contributed by atoms with van der Waals surface area (Å²) in [5.41, 5.74) is 2.72. The van der Waals surface area contributed by atoms with E-state index < -0.39 is 12.5 Å². The second-order valence-electron chi connectivity index (χ2n) is 4.09. The summed E-state index contributed by atoms with van der Waals surface area (Å²) in [4.78, 5) is 0. The number of alkyl halides is 2. The van der Waals surface area contributed by atoms with Gasteiger partial charge < -0.3 is 5.32 Å². The van der Waals surface area contributed by atoms with Gasteiger partial charge in [-0.3, -0.25) is 0 Å². The second kappa shape index (κ2) is 5.74. The Morgan fingerprint density at radius 1 is 0.833 bits per heavy atom. The van der Waals surface area contributed by atoms with Crippen LogP contribution in [0.1, 0.15) is 11.6 Å². The Balaban J connectivity index is 2.25. The molecule has 0 saturated heterocycles. The van der Waals surface area contributed by atoms with Crippen molar-refractivity contribution in [3.63, 3.8) is 0 Å². The first-order chi connectivity index (χ1) is 8.72. The van der Waals surface area contributed by atoms with Gasteiger partial charge in [-0.2, -0.15) is 0 Å². The average Bonchev–Trinajstić information content (AvgIpc) is 2.41. The standard InChI is InChI=1S/C15H15F2N/c1-18-14(15(16)17)13-9-7-12(8-10-13)11-5-3-2-4-6-11/h2-10,14-15,18H,1H3. The molecule has 0 aliphatic carbocycles. The molecule has 0 saturated carbocycles. The molecule has 1 unspecified atom stereocenters. The first-order valence-corrected chi connectivity index (χ1v) is 5.83. The monoisotopic (exact) mass is 247 g/mol. The predicted octanol–water partition coefficient (Wildman–Crippen LogP) is 3.88. The number of hydrogen-bond donors (Lipinski definition) is 1. The fourth-order valence-corrected chi connectivity index (χ4v) is 1.95. The molecule has 0 aliphatic heterocycles. The maximum Gasteiger partial charge on any atom is 0.257 e. The van der Waals surface area contributed by atoms with Crippen LogP contribution in [0.15, 0.2) is 54.6 Å². The number of halogens is 2. The Morgan fingerprint density at radius 3 is 1.89 bits per heavy atom. The van der Waals surface area contributed by atoms with Crippen LogP contribution in [0.25, 0.3) is 11.1 Å². The molecule has 0 amide bonds. The molecular formula is C15H15F2N. The highest BCUT2D eigenvalue weighted by molar-refractivity contribution is 5.63. The summed E-state index contributed by atoms with van der Waals surface area (Å²) in [6.45, 7) is 0. The molecule has 2 rings (SSSR count). The van der Waals surface area contributed by atoms with Gasteiger partial charge in [-0.05, 0) is 23.7 Å². The van der Waals surface area contributed by atoms with Gasteiger partial charge in [0.1, 0.15) is 0 Å². The van der Waals surface area contributed by atoms with E-state index in [1.54, 1.807) is 19.2 Å². The van der Waals surface area contributed by atoms with Gasteiger partial charge in [0.2, 0.25) is 0 Å². The van der Waals surface area contributed by atoms with Crippen molar-refractivity contribution in [2.75, 3.05) is 7.05 Å². The fourth-order valence-electron chi connectivity index (χ4n) is 1.95. The third kappa shape index (κ3) is 2.74. The van der Waals surface area contributed by atoms with Crippen LogP contribution in [-0.2, 0) is 0 Å². The first-order valence-electron chi connectivity index (χ1n) is 5.83. The van der Waals surface area contributed by atoms with Gasteiger partial charge in [0, 0.05) is 0 Å². The summed E-state index contributed by atoms with van der Waals surface area (Å²) in [5, 5.41) is 2.63. The van der Waals surface area contributed by atoms with Gasteiger partial charge >= 0.3 is 0 Å². The lowest BCUT2D eigenvalue weighted by molar-refractivity contribution is 0.102. The Hall–Kier alpha value is -1.74. The molecule has 94 valence electrons. The first kappa shape index (κ1) is 12.7. The Labute approximate surface area is 105 Å². The van der Waals surface area contributed by atoms with Crippen LogP contribution in [0.3, 0.4) is 0 Å². The van der Waals surface area contributed by atoms with Crippen molar-refractivity contribution in [2.24, 2.45) is 0 Å². The fraction of sp³-hybridized carbons (Fsp3) is 0.200. The molecule has 1 atom stereocenters. The summed E-state index contributed by atoms with van der Waals surface area (Å²) in [5.74, 6) is 0. The zero-order valence-corrected chi connectivity index (χ0v) is 10.1. The van der Waals surface area contributed by atoms with E-state index in [9.17, 15) is 8.78 Å². The summed E-state index contributed by atoms with van der Waals surface area (Å²) >= 11 is 0. The van der Waals surface area contributed by atoms with E-state index in [0.29, 0.717) is 5.56 Å². The zero-order valence-electron chi connectivity index (χ0n) is 10.1. The van der Waals surface area contributed by atoms with E-state index in [4.69, 9.17) is 0 Å². The molecule has 0 radical (unpaired) electrons. The molecule has 0 heterocycles. The van der Waals surface area contributed by atoms with Crippen LogP contribution in [0.2, 0.25) is 0 Å². The molecule has 3 heteroatoms. The van der Waals surface area contributed by atoms with Crippen molar-refractivity contribution in [1.82, 2.24) is 5.32 Å². The van der Waals surface area contributed by atoms with Crippen molar-refractivity contribution >= 4 is 0 Å². The lowest BCUT2D eigenvalue weighted by atomic mass is 10.0. The van der Waals surface area contributed by atoms with Gasteiger partial charge in [-0.25, -0.2) is 8.78 Å². The lowest BCUT2D eigenvalue weighted by Crippen LogP contribution is -2.23. The topological polar surface area (TPSA) is 12.0 Å². The van der Waals surface area contributed by atoms with Gasteiger partial charge in [-0.15, -0.1) is 0 Å². The number of nitrogens with one attached hydrogen (secondary N) is 1. The van der Waals surface area contributed by atoms with Gasteiger partial charge in [0.05, 0.1) is 6.04 Å². The van der Waals surface area contributed by atoms with Gasteiger partial charge in [0.25, 0.3) is 6.43 Å². The Bertz CT molecular complexity index is 480. The van der Waals surface area contributed by atoms with E-state index in [1.165, 1.54) is 0 Å². The zero-order chi connectivity index (χ0) is 13.0. The molecule has 18 heavy (non-hydrogen) atoms. The van der Waals surface area contributed by atoms with Crippen LogP contribution in [-0.4, -0.2) is 13.5 Å². The highest BCUT2D eigenvalue weighted by atomic mass is 19.3. The minimum Gasteiger partial charge on any atom is -0.308 e. The smallest absolute Gasteiger partial charge is 0.257 e. The maximum atomic E-state index is 12.7. The SMILES string of the molecule is CNC(c1ccc(-c2ccccc2)cc1)C(F)F. The summed E-state index contributed by atoms with van der Waals surface area (Å²) < 4.78 is 25.5. The van der Waals surface area contributed by atoms with E-state index in [2.05, 4.69) is 5.32 Å². The molecule has 2 aromatic rings. The molecule has 2 aromatic carbocycles. The van der Waals surface area contributed by atoms with Gasteiger partial charge in [0.15, 0.2) is 0 Å². The normalized spacial score (nSPS) is 12.7. The molecular weight excluding hydrogens is 232 g/mol. The third-order valence-electron chi connectivity index (χ3n) is 2.94. The molecule has 0 aliphatic rings. The maximum absolute atomic E-state index is 12.7. The van der Waals surface area contributed by atoms with Crippen molar-refractivity contribution < 1.29 is 8.78 Å². The van der Waals surface area contributed by atoms with Crippen molar-refractivity contribution in [2.45, 2.75) is 12.5 Å². The van der Waals surface area contributed by atoms with Crippen LogP contribution < -0.4 is 5.32 Å². The highest BCUT2D eigenvalue weighted by Crippen LogP contribution is 2.24. The largest absolute Gasteiger partial charge is 0.308 e. The average molecular weight is 247 g/mol. The third-order valence-corrected chi connectivity index (χ3v) is 2.94. The van der Waals surface area contributed by atoms with Crippen LogP contribution in [0, 0.1) is 0 Å². The minimum atomic E-state index is -2.41. The highest BCUT2D eigenvalue weighted by Gasteiger charge is 2.19. The van der Waals surface area contributed by atoms with E-state index in [1.807, 2.05) is 42.5 Å². The molecule has 0 bridgehead atoms. The van der Waals surface area contributed by atoms with E-state index in [-0.39, 0.29) is 0 Å². The van der Waals surface area contributed by atoms with Crippen LogP contribution >= 0.6 is 0 Å². The second-order valence-corrected chi connectivity index (χ2v) is 4.09. The Morgan fingerprint density at radius 2 is 1.39 bits per heavy atom. The van der Waals surface area contributed by atoms with Crippen LogP contribution in [0.4, 0.5) is 8.78 Å². The quantitative estimate of drug-likeness (QED) is 0.864. The summed E-state index contributed by atoms with van der Waals surface area (Å²) in [7, 11) is 1.54.